The third-order valence-electron chi connectivity index (χ3n) is 4.43. The zero-order chi connectivity index (χ0) is 17.2. The molecule has 1 saturated heterocycles. The van der Waals surface area contributed by atoms with Gasteiger partial charge in [-0.25, -0.2) is 0 Å². The van der Waals surface area contributed by atoms with Crippen LogP contribution in [0.5, 0.6) is 0 Å². The van der Waals surface area contributed by atoms with Crippen molar-refractivity contribution >= 4 is 40.7 Å². The van der Waals surface area contributed by atoms with E-state index in [1.54, 1.807) is 7.05 Å². The number of nitrogens with zero attached hydrogens (tertiary/aromatic N) is 2. The van der Waals surface area contributed by atoms with Crippen LogP contribution in [0.15, 0.2) is 35.3 Å². The minimum atomic E-state index is -0.856. The zero-order valence-electron chi connectivity index (χ0n) is 15.2. The van der Waals surface area contributed by atoms with Gasteiger partial charge in [0.1, 0.15) is 0 Å². The van der Waals surface area contributed by atoms with E-state index in [1.165, 1.54) is 19.4 Å². The molecule has 1 aromatic carbocycles. The van der Waals surface area contributed by atoms with Crippen molar-refractivity contribution in [3.63, 3.8) is 0 Å². The lowest BCUT2D eigenvalue weighted by Gasteiger charge is -2.23. The average Bonchev–Trinajstić information content (AvgIpc) is 3.06. The summed E-state index contributed by atoms with van der Waals surface area (Å²) < 4.78 is 12.1. The lowest BCUT2D eigenvalue weighted by Crippen LogP contribution is -2.45. The first kappa shape index (κ1) is 22.4. The standard InChI is InChI=1S/C18H30N4OS.HI/c1-3-22-12-7-10-17(22)14-21-18(19-2)20-11-13-24(23)15-16-8-5-4-6-9-16;/h4-6,8-9,17H,3,7,10-15H2,1-2H3,(H2,19,20,21);1H. The van der Waals surface area contributed by atoms with Gasteiger partial charge in [-0.05, 0) is 31.5 Å². The highest BCUT2D eigenvalue weighted by molar-refractivity contribution is 14.0. The molecule has 25 heavy (non-hydrogen) atoms. The molecular formula is C18H31IN4OS. The van der Waals surface area contributed by atoms with Crippen LogP contribution in [0.3, 0.4) is 0 Å². The summed E-state index contributed by atoms with van der Waals surface area (Å²) >= 11 is 0. The number of halogens is 1. The van der Waals surface area contributed by atoms with E-state index in [2.05, 4.69) is 27.4 Å². The molecule has 0 bridgehead atoms. The molecule has 7 heteroatoms. The number of rotatable bonds is 8. The fraction of sp³-hybridized carbons (Fsp3) is 0.611. The molecule has 0 spiro atoms. The Balaban J connectivity index is 0.00000312. The monoisotopic (exact) mass is 478 g/mol. The third-order valence-corrected chi connectivity index (χ3v) is 5.74. The Bertz CT molecular complexity index is 541. The van der Waals surface area contributed by atoms with Crippen LogP contribution in [0.4, 0.5) is 0 Å². The Kier molecular flexibility index (Phi) is 11.3. The predicted molar refractivity (Wildman–Crippen MR) is 118 cm³/mol. The molecule has 2 atom stereocenters. The van der Waals surface area contributed by atoms with Crippen molar-refractivity contribution in [2.75, 3.05) is 39.0 Å². The molecule has 2 rings (SSSR count). The second-order valence-corrected chi connectivity index (χ2v) is 7.65. The molecule has 5 nitrogen and oxygen atoms in total. The average molecular weight is 478 g/mol. The van der Waals surface area contributed by atoms with Crippen LogP contribution in [-0.4, -0.2) is 60.1 Å². The van der Waals surface area contributed by atoms with Gasteiger partial charge in [0, 0.05) is 48.5 Å². The lowest BCUT2D eigenvalue weighted by atomic mass is 10.2. The van der Waals surface area contributed by atoms with Gasteiger partial charge in [0.05, 0.1) is 0 Å². The number of nitrogens with one attached hydrogen (secondary N) is 2. The molecule has 1 aliphatic heterocycles. The summed E-state index contributed by atoms with van der Waals surface area (Å²) in [5.74, 6) is 2.04. The summed E-state index contributed by atoms with van der Waals surface area (Å²) in [5.41, 5.74) is 1.12. The maximum absolute atomic E-state index is 12.1. The van der Waals surface area contributed by atoms with Gasteiger partial charge in [-0.3, -0.25) is 14.1 Å². The number of guanidine groups is 1. The Morgan fingerprint density at radius 3 is 2.76 bits per heavy atom. The molecule has 1 heterocycles. The quantitative estimate of drug-likeness (QED) is 0.342. The molecular weight excluding hydrogens is 447 g/mol. The van der Waals surface area contributed by atoms with E-state index in [0.29, 0.717) is 24.1 Å². The van der Waals surface area contributed by atoms with Crippen molar-refractivity contribution in [1.82, 2.24) is 15.5 Å². The van der Waals surface area contributed by atoms with Gasteiger partial charge in [-0.15, -0.1) is 24.0 Å². The predicted octanol–water partition coefficient (Wildman–Crippen LogP) is 2.20. The number of benzene rings is 1. The minimum absolute atomic E-state index is 0. The van der Waals surface area contributed by atoms with E-state index in [0.717, 1.165) is 24.6 Å². The maximum atomic E-state index is 12.1. The van der Waals surface area contributed by atoms with Crippen molar-refractivity contribution < 1.29 is 4.21 Å². The fourth-order valence-corrected chi connectivity index (χ4v) is 4.13. The Morgan fingerprint density at radius 1 is 1.32 bits per heavy atom. The summed E-state index contributed by atoms with van der Waals surface area (Å²) in [7, 11) is 0.924. The van der Waals surface area contributed by atoms with Crippen molar-refractivity contribution in [1.29, 1.82) is 0 Å². The van der Waals surface area contributed by atoms with Gasteiger partial charge in [0.25, 0.3) is 0 Å². The fourth-order valence-electron chi connectivity index (χ4n) is 3.09. The first-order chi connectivity index (χ1) is 11.7. The molecule has 0 saturated carbocycles. The number of hydrogen-bond acceptors (Lipinski definition) is 3. The van der Waals surface area contributed by atoms with Gasteiger partial charge in [-0.1, -0.05) is 37.3 Å². The summed E-state index contributed by atoms with van der Waals surface area (Å²) in [6, 6.07) is 10.6. The number of likely N-dealkylation sites (tertiary alicyclic amines) is 1. The first-order valence-corrected chi connectivity index (χ1v) is 10.3. The summed E-state index contributed by atoms with van der Waals surface area (Å²) in [4.78, 5) is 6.77. The molecule has 0 aromatic heterocycles. The van der Waals surface area contributed by atoms with Crippen molar-refractivity contribution in [3.8, 4) is 0 Å². The third kappa shape index (κ3) is 8.04. The van der Waals surface area contributed by atoms with Crippen molar-refractivity contribution in [2.24, 2.45) is 4.99 Å². The zero-order valence-corrected chi connectivity index (χ0v) is 18.4. The minimum Gasteiger partial charge on any atom is -0.355 e. The number of aliphatic imine (C=N–C) groups is 1. The molecule has 0 amide bonds. The van der Waals surface area contributed by atoms with Crippen LogP contribution in [0, 0.1) is 0 Å². The summed E-state index contributed by atoms with van der Waals surface area (Å²) in [6.07, 6.45) is 2.53. The van der Waals surface area contributed by atoms with Gasteiger partial charge in [0.2, 0.25) is 0 Å². The highest BCUT2D eigenvalue weighted by Crippen LogP contribution is 2.15. The van der Waals surface area contributed by atoms with E-state index in [9.17, 15) is 4.21 Å². The summed E-state index contributed by atoms with van der Waals surface area (Å²) in [5, 5.41) is 6.67. The van der Waals surface area contributed by atoms with Gasteiger partial charge < -0.3 is 10.6 Å². The van der Waals surface area contributed by atoms with Crippen molar-refractivity contribution in [2.45, 2.75) is 31.6 Å². The van der Waals surface area contributed by atoms with E-state index < -0.39 is 10.8 Å². The molecule has 0 aliphatic carbocycles. The van der Waals surface area contributed by atoms with Crippen molar-refractivity contribution in [3.05, 3.63) is 35.9 Å². The highest BCUT2D eigenvalue weighted by atomic mass is 127. The molecule has 2 unspecified atom stereocenters. The first-order valence-electron chi connectivity index (χ1n) is 8.80. The lowest BCUT2D eigenvalue weighted by molar-refractivity contribution is 0.267. The Morgan fingerprint density at radius 2 is 2.08 bits per heavy atom. The second kappa shape index (κ2) is 12.6. The van der Waals surface area contributed by atoms with E-state index in [1.807, 2.05) is 30.3 Å². The largest absolute Gasteiger partial charge is 0.355 e. The summed E-state index contributed by atoms with van der Waals surface area (Å²) in [6.45, 7) is 6.11. The molecule has 2 N–H and O–H groups in total. The Labute approximate surface area is 171 Å². The second-order valence-electron chi connectivity index (χ2n) is 6.08. The molecule has 1 fully saturated rings. The van der Waals surface area contributed by atoms with E-state index >= 15 is 0 Å². The molecule has 0 radical (unpaired) electrons. The van der Waals surface area contributed by atoms with Gasteiger partial charge in [-0.2, -0.15) is 0 Å². The SMILES string of the molecule is CCN1CCCC1CNC(=NC)NCCS(=O)Cc1ccccc1.I. The van der Waals surface area contributed by atoms with Crippen LogP contribution < -0.4 is 10.6 Å². The highest BCUT2D eigenvalue weighted by Gasteiger charge is 2.22. The molecule has 1 aromatic rings. The van der Waals surface area contributed by atoms with Crippen LogP contribution >= 0.6 is 24.0 Å². The molecule has 142 valence electrons. The van der Waals surface area contributed by atoms with Gasteiger partial charge in [0.15, 0.2) is 5.96 Å². The Hall–Kier alpha value is -0.670. The van der Waals surface area contributed by atoms with Crippen LogP contribution in [0.1, 0.15) is 25.3 Å². The van der Waals surface area contributed by atoms with Crippen LogP contribution in [0.25, 0.3) is 0 Å². The maximum Gasteiger partial charge on any atom is 0.191 e. The van der Waals surface area contributed by atoms with Crippen LogP contribution in [0.2, 0.25) is 0 Å². The smallest absolute Gasteiger partial charge is 0.191 e. The number of hydrogen-bond donors (Lipinski definition) is 2. The van der Waals surface area contributed by atoms with E-state index in [-0.39, 0.29) is 24.0 Å². The topological polar surface area (TPSA) is 56.7 Å². The normalized spacial score (nSPS) is 19.3. The van der Waals surface area contributed by atoms with Crippen LogP contribution in [-0.2, 0) is 16.6 Å². The number of likely N-dealkylation sites (N-methyl/N-ethyl adjacent to an activating group) is 1. The molecule has 1 aliphatic rings. The van der Waals surface area contributed by atoms with Gasteiger partial charge >= 0.3 is 0 Å². The van der Waals surface area contributed by atoms with E-state index in [4.69, 9.17) is 0 Å².